The van der Waals surface area contributed by atoms with Gasteiger partial charge in [0, 0.05) is 31.0 Å². The molecular weight excluding hydrogens is 478 g/mol. The van der Waals surface area contributed by atoms with E-state index in [1.54, 1.807) is 55.6 Å². The van der Waals surface area contributed by atoms with Crippen molar-refractivity contribution in [2.75, 3.05) is 17.8 Å². The zero-order valence-corrected chi connectivity index (χ0v) is 18.9. The van der Waals surface area contributed by atoms with Crippen LogP contribution in [0, 0.1) is 0 Å². The Bertz CT molecular complexity index is 1150. The largest absolute Gasteiger partial charge is 0.415 e. The Labute approximate surface area is 194 Å². The summed E-state index contributed by atoms with van der Waals surface area (Å²) in [6.45, 7) is 1.29. The molecule has 0 bridgehead atoms. The molecule has 184 valence electrons. The summed E-state index contributed by atoms with van der Waals surface area (Å²) in [6.07, 6.45) is 0.257. The Kier molecular flexibility index (Phi) is 8.20. The number of hydrogen-bond acceptors (Lipinski definition) is 7. The molecule has 0 aliphatic carbocycles. The highest BCUT2D eigenvalue weighted by Gasteiger charge is 2.43. The molecule has 13 heteroatoms. The maximum Gasteiger partial charge on any atom is 0.314 e. The fourth-order valence-electron chi connectivity index (χ4n) is 3.35. The number of aromatic nitrogens is 3. The number of nitrogens with zero attached hydrogens (tertiary/aromatic N) is 4. The smallest absolute Gasteiger partial charge is 0.314 e. The van der Waals surface area contributed by atoms with Crippen LogP contribution in [0.5, 0.6) is 0 Å². The van der Waals surface area contributed by atoms with Crippen LogP contribution in [0.25, 0.3) is 11.5 Å². The first kappa shape index (κ1) is 25.6. The molecule has 2 aromatic heterocycles. The van der Waals surface area contributed by atoms with Gasteiger partial charge in [-0.2, -0.15) is 8.78 Å². The Morgan fingerprint density at radius 1 is 1.15 bits per heavy atom. The van der Waals surface area contributed by atoms with Crippen molar-refractivity contribution in [1.82, 2.24) is 20.1 Å². The molecule has 0 saturated carbocycles. The first-order valence-corrected chi connectivity index (χ1v) is 11.9. The van der Waals surface area contributed by atoms with E-state index in [2.05, 4.69) is 19.9 Å². The van der Waals surface area contributed by atoms with E-state index < -0.39 is 40.2 Å². The number of anilines is 1. The number of hydrogen-bond donors (Lipinski definition) is 1. The highest BCUT2D eigenvalue weighted by atomic mass is 32.2. The molecule has 1 N–H and O–H groups in total. The molecule has 34 heavy (non-hydrogen) atoms. The van der Waals surface area contributed by atoms with Gasteiger partial charge in [-0.05, 0) is 30.7 Å². The van der Waals surface area contributed by atoms with Gasteiger partial charge in [-0.25, -0.2) is 17.2 Å². The quantitative estimate of drug-likeness (QED) is 0.473. The van der Waals surface area contributed by atoms with Crippen LogP contribution >= 0.6 is 0 Å². The van der Waals surface area contributed by atoms with Crippen molar-refractivity contribution >= 4 is 15.7 Å². The van der Waals surface area contributed by atoms with Crippen LogP contribution in [0.15, 0.2) is 59.3 Å². The van der Waals surface area contributed by atoms with Crippen molar-refractivity contribution in [3.63, 3.8) is 0 Å². The number of benzene rings is 1. The van der Waals surface area contributed by atoms with Gasteiger partial charge in [0.25, 0.3) is 11.8 Å². The second-order valence-electron chi connectivity index (χ2n) is 7.44. The van der Waals surface area contributed by atoms with Crippen molar-refractivity contribution in [2.24, 2.45) is 0 Å². The molecule has 4 rings (SSSR count). The number of para-hydroxylation sites is 1. The third-order valence-corrected chi connectivity index (χ3v) is 6.75. The minimum absolute atomic E-state index is 0.0494. The maximum atomic E-state index is 13.2. The average molecular weight is 502 g/mol. The fourth-order valence-corrected chi connectivity index (χ4v) is 4.96. The summed E-state index contributed by atoms with van der Waals surface area (Å²) < 4.78 is 82.5. The number of halogens is 4. The fraction of sp³-hybridized carbons (Fsp3) is 0.381. The molecule has 1 aliphatic rings. The third kappa shape index (κ3) is 6.73. The molecule has 1 saturated heterocycles. The lowest BCUT2D eigenvalue weighted by Crippen LogP contribution is -2.43. The van der Waals surface area contributed by atoms with Crippen molar-refractivity contribution in [3.8, 4) is 11.5 Å². The second-order valence-corrected chi connectivity index (χ2v) is 9.28. The molecule has 3 aromatic rings. The van der Waals surface area contributed by atoms with Crippen molar-refractivity contribution in [1.29, 1.82) is 0 Å². The minimum atomic E-state index is -3.72. The van der Waals surface area contributed by atoms with Gasteiger partial charge >= 0.3 is 6.43 Å². The van der Waals surface area contributed by atoms with E-state index in [-0.39, 0.29) is 25.3 Å². The summed E-state index contributed by atoms with van der Waals surface area (Å²) in [5, 5.41) is 5.73. The van der Waals surface area contributed by atoms with Crippen LogP contribution in [-0.4, -0.2) is 52.9 Å². The zero-order chi connectivity index (χ0) is 24.8. The predicted octanol–water partition coefficient (Wildman–Crippen LogP) is 4.57. The summed E-state index contributed by atoms with van der Waals surface area (Å²) in [4.78, 5) is 5.14. The van der Waals surface area contributed by atoms with Crippen LogP contribution in [0.3, 0.4) is 0 Å². The van der Waals surface area contributed by atoms with E-state index in [1.165, 1.54) is 11.1 Å². The Hall–Kier alpha value is -3.06. The van der Waals surface area contributed by atoms with Gasteiger partial charge < -0.3 is 4.42 Å². The topological polar surface area (TPSA) is 101 Å². The predicted molar refractivity (Wildman–Crippen MR) is 117 cm³/mol. The lowest BCUT2D eigenvalue weighted by Gasteiger charge is -2.26. The van der Waals surface area contributed by atoms with E-state index in [9.17, 15) is 26.0 Å². The van der Waals surface area contributed by atoms with Gasteiger partial charge in [0.1, 0.15) is 5.37 Å². The lowest BCUT2D eigenvalue weighted by molar-refractivity contribution is 0.0108. The standard InChI is InChI=1S/C13H18F2N2O2S.C8H5F2N3O/c1-2-12(17-9-8-13(14,15)10-17)20(18,19)16-11-6-4-3-5-7-11;9-6(10)8-13-12-7(14-8)5-2-1-3-11-4-5/h3-7,12,16H,2,8-10H2,1H3;1-4,6H. The minimum Gasteiger partial charge on any atom is -0.415 e. The highest BCUT2D eigenvalue weighted by Crippen LogP contribution is 2.30. The average Bonchev–Trinajstić information content (AvgIpc) is 3.43. The van der Waals surface area contributed by atoms with E-state index in [0.717, 1.165) is 0 Å². The number of sulfonamides is 1. The van der Waals surface area contributed by atoms with Crippen molar-refractivity contribution in [2.45, 2.75) is 37.5 Å². The van der Waals surface area contributed by atoms with Crippen LogP contribution < -0.4 is 4.72 Å². The first-order chi connectivity index (χ1) is 16.1. The SMILES string of the molecule is CCC(N1CCC(F)(F)C1)S(=O)(=O)Nc1ccccc1.FC(F)c1nnc(-c2cccnc2)o1. The van der Waals surface area contributed by atoms with Gasteiger partial charge in [0.05, 0.1) is 12.1 Å². The van der Waals surface area contributed by atoms with Gasteiger partial charge in [0.2, 0.25) is 15.9 Å². The monoisotopic (exact) mass is 501 g/mol. The number of alkyl halides is 4. The van der Waals surface area contributed by atoms with Crippen LogP contribution in [-0.2, 0) is 10.0 Å². The zero-order valence-electron chi connectivity index (χ0n) is 18.1. The van der Waals surface area contributed by atoms with Crippen LogP contribution in [0.1, 0.15) is 32.1 Å². The molecule has 3 heterocycles. The number of nitrogens with one attached hydrogen (secondary N) is 1. The first-order valence-electron chi connectivity index (χ1n) is 10.3. The molecule has 1 atom stereocenters. The molecule has 0 spiro atoms. The number of likely N-dealkylation sites (tertiary alicyclic amines) is 1. The lowest BCUT2D eigenvalue weighted by atomic mass is 10.3. The second kappa shape index (κ2) is 10.9. The number of pyridine rings is 1. The van der Waals surface area contributed by atoms with Crippen molar-refractivity contribution < 1.29 is 30.4 Å². The summed E-state index contributed by atoms with van der Waals surface area (Å²) in [6, 6.07) is 11.8. The Balaban J connectivity index is 0.000000202. The van der Waals surface area contributed by atoms with Crippen molar-refractivity contribution in [3.05, 3.63) is 60.7 Å². The van der Waals surface area contributed by atoms with E-state index in [4.69, 9.17) is 4.42 Å². The van der Waals surface area contributed by atoms with Crippen LogP contribution in [0.4, 0.5) is 23.2 Å². The third-order valence-electron chi connectivity index (χ3n) is 4.88. The highest BCUT2D eigenvalue weighted by molar-refractivity contribution is 7.93. The molecule has 1 aliphatic heterocycles. The molecule has 1 unspecified atom stereocenters. The molecule has 0 radical (unpaired) electrons. The van der Waals surface area contributed by atoms with Gasteiger partial charge in [-0.15, -0.1) is 10.2 Å². The van der Waals surface area contributed by atoms with Gasteiger partial charge in [-0.1, -0.05) is 25.1 Å². The maximum absolute atomic E-state index is 13.2. The Morgan fingerprint density at radius 2 is 1.88 bits per heavy atom. The molecular formula is C21H23F4N5O3S. The van der Waals surface area contributed by atoms with Crippen LogP contribution in [0.2, 0.25) is 0 Å². The number of rotatable bonds is 7. The normalized spacial score (nSPS) is 16.6. The van der Waals surface area contributed by atoms with E-state index >= 15 is 0 Å². The summed E-state index contributed by atoms with van der Waals surface area (Å²) in [5.74, 6) is -3.42. The molecule has 8 nitrogen and oxygen atoms in total. The molecule has 1 fully saturated rings. The summed E-state index contributed by atoms with van der Waals surface area (Å²) >= 11 is 0. The molecule has 1 aromatic carbocycles. The van der Waals surface area contributed by atoms with E-state index in [0.29, 0.717) is 11.3 Å². The summed E-state index contributed by atoms with van der Waals surface area (Å²) in [5.41, 5.74) is 0.962. The molecule has 0 amide bonds. The van der Waals surface area contributed by atoms with Gasteiger partial charge in [-0.3, -0.25) is 14.6 Å². The van der Waals surface area contributed by atoms with E-state index in [1.807, 2.05) is 0 Å². The Morgan fingerprint density at radius 3 is 2.41 bits per heavy atom. The van der Waals surface area contributed by atoms with Gasteiger partial charge in [0.15, 0.2) is 0 Å². The summed E-state index contributed by atoms with van der Waals surface area (Å²) in [7, 11) is -3.72.